The molecule has 2 unspecified atom stereocenters. The van der Waals surface area contributed by atoms with Gasteiger partial charge in [-0.05, 0) is 64.2 Å². The standard InChI is InChI=1S/C54H96NO8P/c1-6-8-10-12-14-16-18-20-21-22-23-24-25-26-27-28-29-30-31-32-33-35-37-39-41-43-45-47-54(57)63-52(51-62-64(58,59)61-49-48-55(3,4)5)50-60-53(56)46-44-42-40-38-36-34-19-17-15-13-11-9-7-2/h8,10,14,16,20-21,23-24,26-27,29-30,52H,6-7,9,11-13,15,17-19,22,25,28,31-51H2,1-5H3/p+1/b10-8-,16-14-,21-20-,24-23-,27-26-,30-29-. The van der Waals surface area contributed by atoms with Crippen LogP contribution in [-0.2, 0) is 32.7 Å². The van der Waals surface area contributed by atoms with Crippen LogP contribution in [0.2, 0.25) is 0 Å². The van der Waals surface area contributed by atoms with Crippen molar-refractivity contribution in [2.45, 2.75) is 213 Å². The third-order valence-electron chi connectivity index (χ3n) is 10.8. The molecule has 0 heterocycles. The van der Waals surface area contributed by atoms with Gasteiger partial charge in [-0.3, -0.25) is 18.6 Å². The zero-order chi connectivity index (χ0) is 47.1. The summed E-state index contributed by atoms with van der Waals surface area (Å²) in [6.45, 7) is 4.30. The highest BCUT2D eigenvalue weighted by Gasteiger charge is 2.27. The molecule has 0 amide bonds. The molecule has 9 nitrogen and oxygen atoms in total. The van der Waals surface area contributed by atoms with Gasteiger partial charge >= 0.3 is 19.8 Å². The number of carbonyl (C=O) groups is 2. The fourth-order valence-electron chi connectivity index (χ4n) is 6.78. The van der Waals surface area contributed by atoms with Gasteiger partial charge in [-0.2, -0.15) is 0 Å². The summed E-state index contributed by atoms with van der Waals surface area (Å²) in [6.07, 6.45) is 58.1. The van der Waals surface area contributed by atoms with Crippen LogP contribution in [0.15, 0.2) is 72.9 Å². The molecule has 64 heavy (non-hydrogen) atoms. The van der Waals surface area contributed by atoms with Gasteiger partial charge in [0.05, 0.1) is 27.7 Å². The summed E-state index contributed by atoms with van der Waals surface area (Å²) in [6, 6.07) is 0. The summed E-state index contributed by atoms with van der Waals surface area (Å²) in [5, 5.41) is 0. The number of quaternary nitrogens is 1. The lowest BCUT2D eigenvalue weighted by Gasteiger charge is -2.24. The summed E-state index contributed by atoms with van der Waals surface area (Å²) in [5.74, 6) is -0.807. The van der Waals surface area contributed by atoms with Crippen molar-refractivity contribution >= 4 is 19.8 Å². The van der Waals surface area contributed by atoms with Crippen LogP contribution in [0.5, 0.6) is 0 Å². The third-order valence-corrected chi connectivity index (χ3v) is 11.7. The van der Waals surface area contributed by atoms with Gasteiger partial charge in [0, 0.05) is 12.8 Å². The Kier molecular flexibility index (Phi) is 43.8. The van der Waals surface area contributed by atoms with Crippen molar-refractivity contribution in [1.82, 2.24) is 0 Å². The molecule has 0 bridgehead atoms. The molecule has 0 aliphatic rings. The molecule has 0 aromatic rings. The first kappa shape index (κ1) is 61.5. The molecule has 0 aliphatic heterocycles. The van der Waals surface area contributed by atoms with Gasteiger partial charge in [0.1, 0.15) is 19.8 Å². The van der Waals surface area contributed by atoms with E-state index in [0.717, 1.165) is 83.5 Å². The minimum absolute atomic E-state index is 0.0279. The Hall–Kier alpha value is -2.55. The zero-order valence-corrected chi connectivity index (χ0v) is 42.6. The lowest BCUT2D eigenvalue weighted by Crippen LogP contribution is -2.37. The van der Waals surface area contributed by atoms with Crippen molar-refractivity contribution < 1.29 is 42.1 Å². The molecule has 0 saturated heterocycles. The van der Waals surface area contributed by atoms with Gasteiger partial charge in [0.15, 0.2) is 6.10 Å². The van der Waals surface area contributed by atoms with E-state index >= 15 is 0 Å². The van der Waals surface area contributed by atoms with Crippen molar-refractivity contribution in [3.63, 3.8) is 0 Å². The maximum absolute atomic E-state index is 12.8. The van der Waals surface area contributed by atoms with Gasteiger partial charge in [-0.15, -0.1) is 0 Å². The lowest BCUT2D eigenvalue weighted by atomic mass is 10.0. The maximum Gasteiger partial charge on any atom is 0.472 e. The highest BCUT2D eigenvalue weighted by Crippen LogP contribution is 2.43. The number of esters is 2. The Balaban J connectivity index is 4.23. The molecule has 0 spiro atoms. The Morgan fingerprint density at radius 3 is 1.33 bits per heavy atom. The Morgan fingerprint density at radius 2 is 0.891 bits per heavy atom. The van der Waals surface area contributed by atoms with Crippen LogP contribution in [0.3, 0.4) is 0 Å². The number of unbranched alkanes of at least 4 members (excludes halogenated alkanes) is 20. The molecule has 370 valence electrons. The Bertz CT molecular complexity index is 1310. The minimum atomic E-state index is -4.38. The monoisotopic (exact) mass is 919 g/mol. The topological polar surface area (TPSA) is 108 Å². The molecule has 0 fully saturated rings. The van der Waals surface area contributed by atoms with Crippen molar-refractivity contribution in [3.8, 4) is 0 Å². The number of hydrogen-bond acceptors (Lipinski definition) is 7. The number of phosphoric ester groups is 1. The van der Waals surface area contributed by atoms with Crippen LogP contribution in [-0.4, -0.2) is 74.9 Å². The summed E-state index contributed by atoms with van der Waals surface area (Å²) in [4.78, 5) is 35.5. The number of ether oxygens (including phenoxy) is 2. The second-order valence-electron chi connectivity index (χ2n) is 18.2. The highest BCUT2D eigenvalue weighted by molar-refractivity contribution is 7.47. The lowest BCUT2D eigenvalue weighted by molar-refractivity contribution is -0.870. The van der Waals surface area contributed by atoms with E-state index in [2.05, 4.69) is 86.8 Å². The normalized spacial score (nSPS) is 14.0. The minimum Gasteiger partial charge on any atom is -0.462 e. The molecule has 2 atom stereocenters. The molecule has 1 N–H and O–H groups in total. The first-order valence-electron chi connectivity index (χ1n) is 25.7. The molecule has 0 rings (SSSR count). The van der Waals surface area contributed by atoms with Crippen molar-refractivity contribution in [2.75, 3.05) is 47.5 Å². The maximum atomic E-state index is 12.8. The number of nitrogens with zero attached hydrogens (tertiary/aromatic N) is 1. The van der Waals surface area contributed by atoms with E-state index in [1.807, 2.05) is 21.1 Å². The van der Waals surface area contributed by atoms with E-state index in [1.165, 1.54) is 89.9 Å². The van der Waals surface area contributed by atoms with Crippen LogP contribution in [0, 0.1) is 0 Å². The van der Waals surface area contributed by atoms with E-state index in [4.69, 9.17) is 18.5 Å². The first-order chi connectivity index (χ1) is 31.0. The number of carbonyl (C=O) groups excluding carboxylic acids is 2. The second kappa shape index (κ2) is 45.6. The van der Waals surface area contributed by atoms with Crippen molar-refractivity contribution in [3.05, 3.63) is 72.9 Å². The fourth-order valence-corrected chi connectivity index (χ4v) is 7.52. The Labute approximate surface area is 393 Å². The quantitative estimate of drug-likeness (QED) is 0.0211. The molecule has 0 aromatic carbocycles. The van der Waals surface area contributed by atoms with Crippen LogP contribution < -0.4 is 0 Å². The smallest absolute Gasteiger partial charge is 0.462 e. The summed E-state index contributed by atoms with van der Waals surface area (Å²) in [5.41, 5.74) is 0. The summed E-state index contributed by atoms with van der Waals surface area (Å²) < 4.78 is 34.4. The van der Waals surface area contributed by atoms with Crippen molar-refractivity contribution in [2.24, 2.45) is 0 Å². The number of likely N-dealkylation sites (N-methyl/N-ethyl adjacent to an activating group) is 1. The average Bonchev–Trinajstić information content (AvgIpc) is 3.25. The molecular formula is C54H97NO8P+. The van der Waals surface area contributed by atoms with E-state index < -0.39 is 26.5 Å². The van der Waals surface area contributed by atoms with Gasteiger partial charge in [-0.1, -0.05) is 202 Å². The predicted molar refractivity (Wildman–Crippen MR) is 270 cm³/mol. The third kappa shape index (κ3) is 48.9. The van der Waals surface area contributed by atoms with E-state index in [9.17, 15) is 19.0 Å². The van der Waals surface area contributed by atoms with Crippen LogP contribution >= 0.6 is 7.82 Å². The van der Waals surface area contributed by atoms with Gasteiger partial charge in [0.2, 0.25) is 0 Å². The second-order valence-corrected chi connectivity index (χ2v) is 19.6. The highest BCUT2D eigenvalue weighted by atomic mass is 31.2. The SMILES string of the molecule is CC/C=C\C/C=C\C/C=C\C/C=C\C/C=C\C/C=C\CCCCCCCCCCC(=O)OC(COC(=O)CCCCCCCCCCCCCCC)COP(=O)(O)OCC[N+](C)(C)C. The van der Waals surface area contributed by atoms with Crippen molar-refractivity contribution in [1.29, 1.82) is 0 Å². The largest absolute Gasteiger partial charge is 0.472 e. The molecule has 0 radical (unpaired) electrons. The number of allylic oxidation sites excluding steroid dienone is 12. The van der Waals surface area contributed by atoms with Crippen LogP contribution in [0.1, 0.15) is 206 Å². The fraction of sp³-hybridized carbons (Fsp3) is 0.741. The molecule has 0 aliphatic carbocycles. The average molecular weight is 919 g/mol. The molecule has 10 heteroatoms. The molecular weight excluding hydrogens is 822 g/mol. The summed E-state index contributed by atoms with van der Waals surface area (Å²) in [7, 11) is 1.47. The van der Waals surface area contributed by atoms with Gasteiger partial charge in [0.25, 0.3) is 0 Å². The van der Waals surface area contributed by atoms with E-state index in [0.29, 0.717) is 17.4 Å². The number of phosphoric acid groups is 1. The first-order valence-corrected chi connectivity index (χ1v) is 27.2. The summed E-state index contributed by atoms with van der Waals surface area (Å²) >= 11 is 0. The zero-order valence-electron chi connectivity index (χ0n) is 41.7. The van der Waals surface area contributed by atoms with Crippen LogP contribution in [0.25, 0.3) is 0 Å². The van der Waals surface area contributed by atoms with Gasteiger partial charge < -0.3 is 18.9 Å². The van der Waals surface area contributed by atoms with Crippen LogP contribution in [0.4, 0.5) is 0 Å². The molecule has 0 saturated carbocycles. The van der Waals surface area contributed by atoms with E-state index in [1.54, 1.807) is 0 Å². The van der Waals surface area contributed by atoms with Gasteiger partial charge in [-0.25, -0.2) is 4.57 Å². The Morgan fingerprint density at radius 1 is 0.500 bits per heavy atom. The molecule has 0 aromatic heterocycles. The van der Waals surface area contributed by atoms with E-state index in [-0.39, 0.29) is 32.0 Å². The number of rotatable bonds is 46. The predicted octanol–water partition coefficient (Wildman–Crippen LogP) is 15.4. The number of hydrogen-bond donors (Lipinski definition) is 1.